The van der Waals surface area contributed by atoms with Gasteiger partial charge in [0.25, 0.3) is 0 Å². The topological polar surface area (TPSA) is 41.9 Å². The summed E-state index contributed by atoms with van der Waals surface area (Å²) in [6.07, 6.45) is 3.80. The van der Waals surface area contributed by atoms with Crippen LogP contribution < -0.4 is 4.90 Å². The molecule has 3 heterocycles. The van der Waals surface area contributed by atoms with Gasteiger partial charge in [-0.15, -0.1) is 0 Å². The maximum atomic E-state index is 5.19. The molecule has 3 aromatic heterocycles. The zero-order chi connectivity index (χ0) is 37.7. The van der Waals surface area contributed by atoms with Crippen molar-refractivity contribution in [3.63, 3.8) is 0 Å². The molecule has 4 heteroatoms. The van der Waals surface area contributed by atoms with E-state index in [2.05, 4.69) is 175 Å². The van der Waals surface area contributed by atoms with Crippen LogP contribution in [0.1, 0.15) is 0 Å². The number of fused-ring (bicyclic) bond motifs is 6. The van der Waals surface area contributed by atoms with Crippen molar-refractivity contribution in [3.8, 4) is 33.8 Å². The first-order valence-corrected chi connectivity index (χ1v) is 19.2. The smallest absolute Gasteiger partial charge is 0.0972 e. The molecule has 57 heavy (non-hydrogen) atoms. The molecule has 4 nitrogen and oxygen atoms in total. The van der Waals surface area contributed by atoms with E-state index < -0.39 is 0 Å². The fourth-order valence-electron chi connectivity index (χ4n) is 8.17. The predicted octanol–water partition coefficient (Wildman–Crippen LogP) is 14.1. The molecule has 0 spiro atoms. The second-order valence-electron chi connectivity index (χ2n) is 14.5. The zero-order valence-corrected chi connectivity index (χ0v) is 30.9. The lowest BCUT2D eigenvalue weighted by Crippen LogP contribution is -2.10. The highest BCUT2D eigenvalue weighted by atomic mass is 15.1. The molecule has 0 aliphatic carbocycles. The summed E-state index contributed by atoms with van der Waals surface area (Å²) in [6.45, 7) is 0. The molecule has 0 bridgehead atoms. The number of pyridine rings is 3. The third kappa shape index (κ3) is 5.92. The van der Waals surface area contributed by atoms with Crippen molar-refractivity contribution >= 4 is 71.1 Å². The van der Waals surface area contributed by atoms with Crippen molar-refractivity contribution in [1.29, 1.82) is 0 Å². The third-order valence-electron chi connectivity index (χ3n) is 11.1. The summed E-state index contributed by atoms with van der Waals surface area (Å²) in [6, 6.07) is 69.1. The van der Waals surface area contributed by atoms with E-state index in [1.54, 1.807) is 0 Å². The van der Waals surface area contributed by atoms with Crippen molar-refractivity contribution in [2.24, 2.45) is 0 Å². The van der Waals surface area contributed by atoms with Crippen LogP contribution in [-0.4, -0.2) is 15.0 Å². The predicted molar refractivity (Wildman–Crippen MR) is 238 cm³/mol. The van der Waals surface area contributed by atoms with Crippen LogP contribution in [0, 0.1) is 0 Å². The Morgan fingerprint density at radius 2 is 0.930 bits per heavy atom. The van der Waals surface area contributed by atoms with Gasteiger partial charge < -0.3 is 4.90 Å². The van der Waals surface area contributed by atoms with E-state index in [1.807, 2.05) is 36.7 Å². The van der Waals surface area contributed by atoms with Crippen molar-refractivity contribution in [2.45, 2.75) is 0 Å². The van der Waals surface area contributed by atoms with Crippen molar-refractivity contribution in [2.75, 3.05) is 4.90 Å². The summed E-state index contributed by atoms with van der Waals surface area (Å²) in [7, 11) is 0. The van der Waals surface area contributed by atoms with Gasteiger partial charge in [-0.2, -0.15) is 0 Å². The fourth-order valence-corrected chi connectivity index (χ4v) is 8.17. The van der Waals surface area contributed by atoms with Crippen molar-refractivity contribution in [1.82, 2.24) is 15.0 Å². The van der Waals surface area contributed by atoms with Crippen LogP contribution in [0.5, 0.6) is 0 Å². The van der Waals surface area contributed by atoms with Gasteiger partial charge in [0.2, 0.25) is 0 Å². The molecule has 0 aliphatic rings. The summed E-state index contributed by atoms with van der Waals surface area (Å²) < 4.78 is 0. The van der Waals surface area contributed by atoms with E-state index in [-0.39, 0.29) is 0 Å². The number of hydrogen-bond acceptors (Lipinski definition) is 4. The van der Waals surface area contributed by atoms with E-state index in [1.165, 1.54) is 26.9 Å². The Bertz CT molecular complexity index is 3300. The van der Waals surface area contributed by atoms with Crippen molar-refractivity contribution in [3.05, 3.63) is 207 Å². The molecule has 0 saturated carbocycles. The second-order valence-corrected chi connectivity index (χ2v) is 14.5. The Labute approximate surface area is 330 Å². The average molecular weight is 727 g/mol. The molecule has 11 rings (SSSR count). The highest BCUT2D eigenvalue weighted by Crippen LogP contribution is 2.40. The molecule has 8 aromatic carbocycles. The Hall–Kier alpha value is -7.69. The SMILES string of the molecule is c1ccc(-c2nc(-c3ccc(N(c4ccc5cc(-c6cc7ccccc7cn6)ccc5c4)c4ccc5c(ccc6ccccc65)c4)cc3)cc3cccnc23)cc1. The summed E-state index contributed by atoms with van der Waals surface area (Å²) in [5.74, 6) is 0. The molecule has 0 atom stereocenters. The molecule has 11 aromatic rings. The minimum Gasteiger partial charge on any atom is -0.310 e. The van der Waals surface area contributed by atoms with E-state index in [0.717, 1.165) is 77.9 Å². The maximum absolute atomic E-state index is 5.19. The van der Waals surface area contributed by atoms with Gasteiger partial charge in [0.05, 0.1) is 22.6 Å². The van der Waals surface area contributed by atoms with E-state index in [0.29, 0.717) is 0 Å². The number of aromatic nitrogens is 3. The second kappa shape index (κ2) is 13.6. The molecule has 266 valence electrons. The largest absolute Gasteiger partial charge is 0.310 e. The van der Waals surface area contributed by atoms with Crippen LogP contribution >= 0.6 is 0 Å². The van der Waals surface area contributed by atoms with Crippen LogP contribution in [0.25, 0.3) is 87.8 Å². The zero-order valence-electron chi connectivity index (χ0n) is 30.9. The van der Waals surface area contributed by atoms with Crippen LogP contribution in [0.3, 0.4) is 0 Å². The lowest BCUT2D eigenvalue weighted by molar-refractivity contribution is 1.28. The first kappa shape index (κ1) is 32.7. The number of anilines is 3. The molecular weight excluding hydrogens is 693 g/mol. The first-order chi connectivity index (χ1) is 28.2. The van der Waals surface area contributed by atoms with Gasteiger partial charge in [-0.05, 0) is 98.4 Å². The van der Waals surface area contributed by atoms with Crippen LogP contribution in [0.15, 0.2) is 207 Å². The Morgan fingerprint density at radius 3 is 1.81 bits per heavy atom. The number of rotatable bonds is 6. The van der Waals surface area contributed by atoms with Crippen molar-refractivity contribution < 1.29 is 0 Å². The summed E-state index contributed by atoms with van der Waals surface area (Å²) >= 11 is 0. The Morgan fingerprint density at radius 1 is 0.333 bits per heavy atom. The van der Waals surface area contributed by atoms with Gasteiger partial charge in [-0.1, -0.05) is 133 Å². The minimum absolute atomic E-state index is 0.883. The van der Waals surface area contributed by atoms with E-state index in [4.69, 9.17) is 15.0 Å². The van der Waals surface area contributed by atoms with E-state index >= 15 is 0 Å². The minimum atomic E-state index is 0.883. The van der Waals surface area contributed by atoms with Gasteiger partial charge in [0.1, 0.15) is 0 Å². The molecule has 0 fully saturated rings. The van der Waals surface area contributed by atoms with Gasteiger partial charge >= 0.3 is 0 Å². The molecule has 0 aliphatic heterocycles. The number of hydrogen-bond donors (Lipinski definition) is 0. The third-order valence-corrected chi connectivity index (χ3v) is 11.1. The highest BCUT2D eigenvalue weighted by Gasteiger charge is 2.17. The summed E-state index contributed by atoms with van der Waals surface area (Å²) in [5, 5.41) is 10.7. The Balaban J connectivity index is 1.02. The van der Waals surface area contributed by atoms with Crippen LogP contribution in [0.2, 0.25) is 0 Å². The lowest BCUT2D eigenvalue weighted by Gasteiger charge is -2.26. The standard InChI is InChI=1S/C53H34N4/c1-2-10-37(11-3-1)53-52-43(14-8-28-54-52)33-51(56-53)36-20-23-45(24-21-36)57(47-26-27-49-41(31-47)18-16-35-9-6-7-15-48(35)49)46-25-22-39-29-42(19-17-40(39)30-46)50-32-38-12-4-5-13-44(38)34-55-50/h1-34H. The monoisotopic (exact) mass is 726 g/mol. The molecule has 0 saturated heterocycles. The molecule has 0 unspecified atom stereocenters. The molecule has 0 amide bonds. The van der Waals surface area contributed by atoms with E-state index in [9.17, 15) is 0 Å². The Kier molecular flexibility index (Phi) is 7.78. The summed E-state index contributed by atoms with van der Waals surface area (Å²) in [4.78, 5) is 17.1. The fraction of sp³-hybridized carbons (Fsp3) is 0. The molecular formula is C53H34N4. The van der Waals surface area contributed by atoms with Gasteiger partial charge in [-0.3, -0.25) is 9.97 Å². The van der Waals surface area contributed by atoms with Crippen LogP contribution in [-0.2, 0) is 0 Å². The van der Waals surface area contributed by atoms with Gasteiger partial charge in [0.15, 0.2) is 0 Å². The number of benzene rings is 8. The molecule has 0 radical (unpaired) electrons. The summed E-state index contributed by atoms with van der Waals surface area (Å²) in [5.41, 5.74) is 10.1. The normalized spacial score (nSPS) is 11.5. The number of nitrogens with zero attached hydrogens (tertiary/aromatic N) is 4. The van der Waals surface area contributed by atoms with Gasteiger partial charge in [-0.25, -0.2) is 4.98 Å². The first-order valence-electron chi connectivity index (χ1n) is 19.2. The molecule has 0 N–H and O–H groups in total. The average Bonchev–Trinajstić information content (AvgIpc) is 3.28. The highest BCUT2D eigenvalue weighted by molar-refractivity contribution is 6.08. The van der Waals surface area contributed by atoms with Gasteiger partial charge in [0, 0.05) is 56.9 Å². The van der Waals surface area contributed by atoms with Crippen LogP contribution in [0.4, 0.5) is 17.1 Å². The maximum Gasteiger partial charge on any atom is 0.0972 e. The lowest BCUT2D eigenvalue weighted by atomic mass is 10.00. The quantitative estimate of drug-likeness (QED) is 0.160.